The minimum Gasteiger partial charge on any atom is -0.171 e. The number of hydrogen-bond donors (Lipinski definition) is 0. The molecule has 0 fully saturated rings. The van der Waals surface area contributed by atoms with Crippen molar-refractivity contribution < 1.29 is 13.2 Å². The third kappa shape index (κ3) is 2.64. The van der Waals surface area contributed by atoms with Crippen LogP contribution in [0.1, 0.15) is 17.9 Å². The van der Waals surface area contributed by atoms with Gasteiger partial charge in [0, 0.05) is 0 Å². The summed E-state index contributed by atoms with van der Waals surface area (Å²) in [4.78, 5) is 0. The molecule has 0 radical (unpaired) electrons. The Morgan fingerprint density at radius 1 is 1.14 bits per heavy atom. The Bertz CT molecular complexity index is 281. The molecule has 0 heterocycles. The van der Waals surface area contributed by atoms with Crippen molar-refractivity contribution in [1.82, 2.24) is 0 Å². The van der Waals surface area contributed by atoms with Crippen LogP contribution in [0.25, 0.3) is 0 Å². The number of benzene rings is 1. The zero-order valence-electron chi connectivity index (χ0n) is 7.55. The van der Waals surface area contributed by atoms with Gasteiger partial charge in [-0.15, -0.1) is 11.6 Å². The fourth-order valence-electron chi connectivity index (χ4n) is 1.09. The van der Waals surface area contributed by atoms with E-state index in [1.165, 1.54) is 0 Å². The quantitative estimate of drug-likeness (QED) is 0.659. The van der Waals surface area contributed by atoms with Crippen LogP contribution in [0, 0.1) is 5.92 Å². The minimum atomic E-state index is -4.25. The van der Waals surface area contributed by atoms with Gasteiger partial charge in [0.1, 0.15) is 0 Å². The van der Waals surface area contributed by atoms with E-state index in [4.69, 9.17) is 11.6 Å². The van der Waals surface area contributed by atoms with Crippen LogP contribution < -0.4 is 0 Å². The molecule has 1 aromatic carbocycles. The molecule has 78 valence electrons. The maximum Gasteiger partial charge on any atom is 0.393 e. The summed E-state index contributed by atoms with van der Waals surface area (Å²) in [7, 11) is 0. The van der Waals surface area contributed by atoms with E-state index in [0.29, 0.717) is 5.56 Å². The lowest BCUT2D eigenvalue weighted by Gasteiger charge is -2.20. The summed E-state index contributed by atoms with van der Waals surface area (Å²) in [5.74, 6) is -1.54. The van der Waals surface area contributed by atoms with Crippen LogP contribution in [0.2, 0.25) is 0 Å². The average Bonchev–Trinajstić information content (AvgIpc) is 2.15. The summed E-state index contributed by atoms with van der Waals surface area (Å²) in [6.45, 7) is 1.09. The number of hydrogen-bond acceptors (Lipinski definition) is 0. The molecule has 0 N–H and O–H groups in total. The van der Waals surface area contributed by atoms with Crippen molar-refractivity contribution in [1.29, 1.82) is 0 Å². The highest BCUT2D eigenvalue weighted by atomic mass is 35.5. The largest absolute Gasteiger partial charge is 0.393 e. The van der Waals surface area contributed by atoms with Gasteiger partial charge in [0.25, 0.3) is 0 Å². The summed E-state index contributed by atoms with van der Waals surface area (Å²) < 4.78 is 36.9. The molecule has 14 heavy (non-hydrogen) atoms. The molecule has 0 aliphatic rings. The molecule has 0 saturated carbocycles. The van der Waals surface area contributed by atoms with Crippen molar-refractivity contribution in [3.8, 4) is 0 Å². The first kappa shape index (κ1) is 11.4. The molecule has 0 aliphatic heterocycles. The second kappa shape index (κ2) is 4.22. The van der Waals surface area contributed by atoms with Crippen molar-refractivity contribution in [3.05, 3.63) is 35.9 Å². The molecule has 2 atom stereocenters. The van der Waals surface area contributed by atoms with E-state index in [-0.39, 0.29) is 0 Å². The zero-order chi connectivity index (χ0) is 10.8. The van der Waals surface area contributed by atoms with Crippen molar-refractivity contribution in [2.45, 2.75) is 18.5 Å². The van der Waals surface area contributed by atoms with Gasteiger partial charge < -0.3 is 0 Å². The lowest BCUT2D eigenvalue weighted by Crippen LogP contribution is -2.23. The van der Waals surface area contributed by atoms with Crippen LogP contribution >= 0.6 is 11.6 Å². The van der Waals surface area contributed by atoms with Crippen LogP contribution in [0.3, 0.4) is 0 Å². The molecule has 0 aromatic heterocycles. The summed E-state index contributed by atoms with van der Waals surface area (Å²) >= 11 is 5.72. The van der Waals surface area contributed by atoms with E-state index in [1.54, 1.807) is 30.3 Å². The Hall–Kier alpha value is -0.700. The average molecular weight is 223 g/mol. The summed E-state index contributed by atoms with van der Waals surface area (Å²) in [6, 6.07) is 8.28. The van der Waals surface area contributed by atoms with Gasteiger partial charge in [-0.25, -0.2) is 0 Å². The lowest BCUT2D eigenvalue weighted by atomic mass is 10.0. The van der Waals surface area contributed by atoms with Gasteiger partial charge in [0.05, 0.1) is 11.3 Å². The van der Waals surface area contributed by atoms with E-state index < -0.39 is 17.5 Å². The Morgan fingerprint density at radius 3 is 2.07 bits per heavy atom. The zero-order valence-corrected chi connectivity index (χ0v) is 8.31. The predicted molar refractivity (Wildman–Crippen MR) is 50.3 cm³/mol. The van der Waals surface area contributed by atoms with E-state index >= 15 is 0 Å². The van der Waals surface area contributed by atoms with Crippen molar-refractivity contribution in [2.75, 3.05) is 0 Å². The van der Waals surface area contributed by atoms with Crippen LogP contribution in [0.4, 0.5) is 13.2 Å². The SMILES string of the molecule is C[C@H]([C@@H](Cl)c1ccccc1)C(F)(F)F. The maximum atomic E-state index is 12.3. The number of alkyl halides is 4. The van der Waals surface area contributed by atoms with Crippen LogP contribution in [0.15, 0.2) is 30.3 Å². The van der Waals surface area contributed by atoms with Gasteiger partial charge in [-0.2, -0.15) is 13.2 Å². The molecule has 4 heteroatoms. The van der Waals surface area contributed by atoms with E-state index in [9.17, 15) is 13.2 Å². The fraction of sp³-hybridized carbons (Fsp3) is 0.400. The molecule has 0 saturated heterocycles. The first-order valence-electron chi connectivity index (χ1n) is 4.18. The third-order valence-electron chi connectivity index (χ3n) is 2.07. The third-order valence-corrected chi connectivity index (χ3v) is 2.70. The number of rotatable bonds is 2. The Kier molecular flexibility index (Phi) is 3.43. The molecule has 0 bridgehead atoms. The molecule has 0 nitrogen and oxygen atoms in total. The van der Waals surface area contributed by atoms with Gasteiger partial charge in [-0.3, -0.25) is 0 Å². The topological polar surface area (TPSA) is 0 Å². The molecule has 0 spiro atoms. The van der Waals surface area contributed by atoms with Gasteiger partial charge in [0.15, 0.2) is 0 Å². The molecule has 1 aromatic rings. The summed E-state index contributed by atoms with van der Waals surface area (Å²) in [5, 5.41) is -1.02. The smallest absolute Gasteiger partial charge is 0.171 e. The predicted octanol–water partition coefficient (Wildman–Crippen LogP) is 4.16. The van der Waals surface area contributed by atoms with E-state index in [0.717, 1.165) is 6.92 Å². The molecular formula is C10H10ClF3. The van der Waals surface area contributed by atoms with Gasteiger partial charge in [-0.1, -0.05) is 37.3 Å². The Balaban J connectivity index is 2.81. The highest BCUT2D eigenvalue weighted by Crippen LogP contribution is 2.39. The van der Waals surface area contributed by atoms with Gasteiger partial charge in [0.2, 0.25) is 0 Å². The summed E-state index contributed by atoms with van der Waals surface area (Å²) in [5.41, 5.74) is 0.499. The molecule has 0 aliphatic carbocycles. The first-order valence-corrected chi connectivity index (χ1v) is 4.62. The Labute approximate surface area is 85.7 Å². The van der Waals surface area contributed by atoms with Crippen LogP contribution in [-0.2, 0) is 0 Å². The highest BCUT2D eigenvalue weighted by molar-refractivity contribution is 6.21. The van der Waals surface area contributed by atoms with Gasteiger partial charge in [-0.05, 0) is 5.56 Å². The lowest BCUT2D eigenvalue weighted by molar-refractivity contribution is -0.170. The second-order valence-corrected chi connectivity index (χ2v) is 3.61. The van der Waals surface area contributed by atoms with Crippen LogP contribution in [-0.4, -0.2) is 6.18 Å². The molecule has 1 rings (SSSR count). The van der Waals surface area contributed by atoms with Crippen LogP contribution in [0.5, 0.6) is 0 Å². The first-order chi connectivity index (χ1) is 6.43. The van der Waals surface area contributed by atoms with E-state index in [2.05, 4.69) is 0 Å². The summed E-state index contributed by atoms with van der Waals surface area (Å²) in [6.07, 6.45) is -4.25. The monoisotopic (exact) mass is 222 g/mol. The standard InChI is InChI=1S/C10H10ClF3/c1-7(10(12,13)14)9(11)8-5-3-2-4-6-8/h2-7,9H,1H3/t7-,9-/m1/s1. The second-order valence-electron chi connectivity index (χ2n) is 3.14. The molecule has 0 unspecified atom stereocenters. The highest BCUT2D eigenvalue weighted by Gasteiger charge is 2.40. The van der Waals surface area contributed by atoms with E-state index in [1.807, 2.05) is 0 Å². The van der Waals surface area contributed by atoms with Gasteiger partial charge >= 0.3 is 6.18 Å². The molecular weight excluding hydrogens is 213 g/mol. The maximum absolute atomic E-state index is 12.3. The van der Waals surface area contributed by atoms with Crippen molar-refractivity contribution in [2.24, 2.45) is 5.92 Å². The number of halogens is 4. The molecule has 0 amide bonds. The minimum absolute atomic E-state index is 0.499. The van der Waals surface area contributed by atoms with Crippen molar-refractivity contribution >= 4 is 11.6 Å². The Morgan fingerprint density at radius 2 is 1.64 bits per heavy atom. The normalized spacial score (nSPS) is 16.4. The fourth-order valence-corrected chi connectivity index (χ4v) is 1.38. The van der Waals surface area contributed by atoms with Crippen molar-refractivity contribution in [3.63, 3.8) is 0 Å².